The van der Waals surface area contributed by atoms with E-state index in [0.717, 1.165) is 12.5 Å². The van der Waals surface area contributed by atoms with E-state index in [4.69, 9.17) is 4.74 Å². The van der Waals surface area contributed by atoms with Crippen molar-refractivity contribution in [1.29, 1.82) is 0 Å². The van der Waals surface area contributed by atoms with Crippen molar-refractivity contribution in [2.24, 2.45) is 5.92 Å². The van der Waals surface area contributed by atoms with Crippen LogP contribution in [-0.2, 0) is 4.74 Å². The lowest BCUT2D eigenvalue weighted by atomic mass is 9.81. The molecule has 0 unspecified atom stereocenters. The van der Waals surface area contributed by atoms with Crippen LogP contribution >= 0.6 is 0 Å². The van der Waals surface area contributed by atoms with Gasteiger partial charge in [0.2, 0.25) is 0 Å². The van der Waals surface area contributed by atoms with Crippen LogP contribution in [0, 0.1) is 5.92 Å². The topological polar surface area (TPSA) is 9.23 Å². The number of hydrogen-bond donors (Lipinski definition) is 0. The van der Waals surface area contributed by atoms with E-state index in [2.05, 4.69) is 13.8 Å². The monoisotopic (exact) mass is 128 g/mol. The molecule has 1 nitrogen and oxygen atoms in total. The summed E-state index contributed by atoms with van der Waals surface area (Å²) >= 11 is 0. The lowest BCUT2D eigenvalue weighted by Gasteiger charge is -2.34. The summed E-state index contributed by atoms with van der Waals surface area (Å²) < 4.78 is 5.41. The van der Waals surface area contributed by atoms with Gasteiger partial charge in [-0.2, -0.15) is 0 Å². The minimum absolute atomic E-state index is 0.611. The van der Waals surface area contributed by atoms with Gasteiger partial charge >= 0.3 is 0 Å². The first kappa shape index (κ1) is 7.07. The molecule has 1 rings (SSSR count). The Labute approximate surface area is 57.4 Å². The van der Waals surface area contributed by atoms with Gasteiger partial charge in [0.15, 0.2) is 0 Å². The molecule has 0 amide bonds. The van der Waals surface area contributed by atoms with Crippen LogP contribution in [0.3, 0.4) is 0 Å². The first-order chi connectivity index (χ1) is 4.36. The molecule has 0 bridgehead atoms. The van der Waals surface area contributed by atoms with Crippen molar-refractivity contribution >= 4 is 0 Å². The third kappa shape index (κ3) is 1.68. The fraction of sp³-hybridized carbons (Fsp3) is 1.00. The fourth-order valence-corrected chi connectivity index (χ4v) is 1.38. The predicted octanol–water partition coefficient (Wildman–Crippen LogP) is 2.21. The van der Waals surface area contributed by atoms with E-state index in [9.17, 15) is 0 Å². The minimum Gasteiger partial charge on any atom is -0.378 e. The standard InChI is InChI=1S/C8H16O/c1-3-7-5-8(6-7)9-4-2/h7-8H,3-6H2,1-2H3. The molecule has 0 saturated heterocycles. The Hall–Kier alpha value is -0.0400. The highest BCUT2D eigenvalue weighted by atomic mass is 16.5. The van der Waals surface area contributed by atoms with Gasteiger partial charge < -0.3 is 4.74 Å². The fourth-order valence-electron chi connectivity index (χ4n) is 1.38. The molecule has 0 aromatic heterocycles. The van der Waals surface area contributed by atoms with Crippen LogP contribution in [0.4, 0.5) is 0 Å². The van der Waals surface area contributed by atoms with Gasteiger partial charge in [-0.05, 0) is 25.7 Å². The van der Waals surface area contributed by atoms with Crippen LogP contribution in [0.1, 0.15) is 33.1 Å². The normalized spacial score (nSPS) is 34.0. The summed E-state index contributed by atoms with van der Waals surface area (Å²) in [7, 11) is 0. The number of ether oxygens (including phenoxy) is 1. The molecule has 0 N–H and O–H groups in total. The quantitative estimate of drug-likeness (QED) is 0.566. The lowest BCUT2D eigenvalue weighted by molar-refractivity contribution is -0.0251. The molecule has 0 aromatic rings. The summed E-state index contributed by atoms with van der Waals surface area (Å²) in [5, 5.41) is 0. The second-order valence-corrected chi connectivity index (χ2v) is 2.82. The molecule has 0 heterocycles. The lowest BCUT2D eigenvalue weighted by Crippen LogP contribution is -2.30. The molecule has 54 valence electrons. The van der Waals surface area contributed by atoms with Crippen molar-refractivity contribution in [3.63, 3.8) is 0 Å². The van der Waals surface area contributed by atoms with Gasteiger partial charge in [0.1, 0.15) is 0 Å². The first-order valence-electron chi connectivity index (χ1n) is 3.98. The van der Waals surface area contributed by atoms with Crippen molar-refractivity contribution in [3.8, 4) is 0 Å². The molecule has 1 aliphatic carbocycles. The van der Waals surface area contributed by atoms with Gasteiger partial charge in [-0.3, -0.25) is 0 Å². The van der Waals surface area contributed by atoms with Crippen molar-refractivity contribution in [1.82, 2.24) is 0 Å². The summed E-state index contributed by atoms with van der Waals surface area (Å²) in [5.74, 6) is 0.974. The molecule has 0 aromatic carbocycles. The van der Waals surface area contributed by atoms with Gasteiger partial charge in [0, 0.05) is 6.61 Å². The second-order valence-electron chi connectivity index (χ2n) is 2.82. The Bertz CT molecular complexity index is 74.6. The van der Waals surface area contributed by atoms with Crippen molar-refractivity contribution < 1.29 is 4.74 Å². The Morgan fingerprint density at radius 1 is 1.33 bits per heavy atom. The van der Waals surface area contributed by atoms with E-state index in [-0.39, 0.29) is 0 Å². The highest BCUT2D eigenvalue weighted by molar-refractivity contribution is 4.78. The molecular formula is C8H16O. The van der Waals surface area contributed by atoms with Crippen LogP contribution in [0.15, 0.2) is 0 Å². The highest BCUT2D eigenvalue weighted by Gasteiger charge is 2.27. The van der Waals surface area contributed by atoms with Crippen molar-refractivity contribution in [2.75, 3.05) is 6.61 Å². The predicted molar refractivity (Wildman–Crippen MR) is 38.4 cm³/mol. The van der Waals surface area contributed by atoms with Crippen LogP contribution < -0.4 is 0 Å². The van der Waals surface area contributed by atoms with Crippen molar-refractivity contribution in [3.05, 3.63) is 0 Å². The van der Waals surface area contributed by atoms with Gasteiger partial charge in [0.05, 0.1) is 6.10 Å². The summed E-state index contributed by atoms with van der Waals surface area (Å²) in [4.78, 5) is 0. The van der Waals surface area contributed by atoms with E-state index in [1.807, 2.05) is 0 Å². The smallest absolute Gasteiger partial charge is 0.0580 e. The third-order valence-corrected chi connectivity index (χ3v) is 2.17. The zero-order valence-electron chi connectivity index (χ0n) is 6.39. The summed E-state index contributed by atoms with van der Waals surface area (Å²) in [6, 6.07) is 0. The highest BCUT2D eigenvalue weighted by Crippen LogP contribution is 2.31. The SMILES string of the molecule is CCOC1CC(CC)C1. The number of hydrogen-bond acceptors (Lipinski definition) is 1. The molecule has 0 spiro atoms. The summed E-state index contributed by atoms with van der Waals surface area (Å²) in [5.41, 5.74) is 0. The molecule has 0 aliphatic heterocycles. The van der Waals surface area contributed by atoms with Gasteiger partial charge in [0.25, 0.3) is 0 Å². The van der Waals surface area contributed by atoms with E-state index in [1.165, 1.54) is 19.3 Å². The van der Waals surface area contributed by atoms with E-state index < -0.39 is 0 Å². The molecule has 0 radical (unpaired) electrons. The Morgan fingerprint density at radius 2 is 2.00 bits per heavy atom. The Balaban J connectivity index is 1.98. The molecular weight excluding hydrogens is 112 g/mol. The average molecular weight is 128 g/mol. The molecule has 1 heteroatoms. The van der Waals surface area contributed by atoms with Crippen LogP contribution in [0.2, 0.25) is 0 Å². The first-order valence-corrected chi connectivity index (χ1v) is 3.98. The maximum Gasteiger partial charge on any atom is 0.0580 e. The minimum atomic E-state index is 0.611. The van der Waals surface area contributed by atoms with Gasteiger partial charge in [-0.1, -0.05) is 13.3 Å². The van der Waals surface area contributed by atoms with Crippen LogP contribution in [0.5, 0.6) is 0 Å². The number of rotatable bonds is 3. The van der Waals surface area contributed by atoms with E-state index in [0.29, 0.717) is 6.10 Å². The Kier molecular flexibility index (Phi) is 2.52. The molecule has 1 saturated carbocycles. The molecule has 0 atom stereocenters. The third-order valence-electron chi connectivity index (χ3n) is 2.17. The maximum absolute atomic E-state index is 5.41. The Morgan fingerprint density at radius 3 is 2.44 bits per heavy atom. The molecule has 1 fully saturated rings. The zero-order valence-corrected chi connectivity index (χ0v) is 6.39. The van der Waals surface area contributed by atoms with Gasteiger partial charge in [-0.15, -0.1) is 0 Å². The van der Waals surface area contributed by atoms with E-state index >= 15 is 0 Å². The van der Waals surface area contributed by atoms with Crippen LogP contribution in [-0.4, -0.2) is 12.7 Å². The summed E-state index contributed by atoms with van der Waals surface area (Å²) in [6.07, 6.45) is 4.57. The molecule has 1 aliphatic rings. The molecule has 9 heavy (non-hydrogen) atoms. The maximum atomic E-state index is 5.41. The van der Waals surface area contributed by atoms with Crippen LogP contribution in [0.25, 0.3) is 0 Å². The van der Waals surface area contributed by atoms with Gasteiger partial charge in [-0.25, -0.2) is 0 Å². The average Bonchev–Trinajstić information content (AvgIpc) is 1.77. The summed E-state index contributed by atoms with van der Waals surface area (Å²) in [6.45, 7) is 5.22. The van der Waals surface area contributed by atoms with E-state index in [1.54, 1.807) is 0 Å². The zero-order chi connectivity index (χ0) is 6.69. The second kappa shape index (κ2) is 3.21. The largest absolute Gasteiger partial charge is 0.378 e. The van der Waals surface area contributed by atoms with Crippen molar-refractivity contribution in [2.45, 2.75) is 39.2 Å².